The maximum atomic E-state index is 10.3. The van der Waals surface area contributed by atoms with Gasteiger partial charge < -0.3 is 22.1 Å². The zero-order valence-corrected chi connectivity index (χ0v) is 8.57. The van der Waals surface area contributed by atoms with E-state index in [2.05, 4.69) is 6.58 Å². The Morgan fingerprint density at radius 2 is 2.08 bits per heavy atom. The van der Waals surface area contributed by atoms with Gasteiger partial charge in [0, 0.05) is 12.1 Å². The Balaban J connectivity index is 0.00000144. The molecule has 0 saturated heterocycles. The zero-order valence-electron chi connectivity index (χ0n) is 6.98. The van der Waals surface area contributed by atoms with Gasteiger partial charge >= 0.3 is 5.97 Å². The highest BCUT2D eigenvalue weighted by Gasteiger charge is 2.04. The van der Waals surface area contributed by atoms with Gasteiger partial charge in [0.25, 0.3) is 0 Å². The quantitative estimate of drug-likeness (QED) is 0.608. The Morgan fingerprint density at radius 1 is 1.54 bits per heavy atom. The number of rotatable bonds is 3. The number of carboxylic acids is 1. The normalized spacial score (nSPS) is 8.62. The summed E-state index contributed by atoms with van der Waals surface area (Å²) in [5.41, 5.74) is 0.983. The van der Waals surface area contributed by atoms with Crippen LogP contribution in [0.2, 0.25) is 0 Å². The van der Waals surface area contributed by atoms with Gasteiger partial charge in [-0.05, 0) is 5.56 Å². The molecule has 0 saturated carbocycles. The first-order chi connectivity index (χ1) is 5.72. The lowest BCUT2D eigenvalue weighted by molar-refractivity contribution is -0.685. The van der Waals surface area contributed by atoms with Crippen molar-refractivity contribution >= 4 is 12.0 Å². The maximum Gasteiger partial charge on any atom is 0.370 e. The Bertz CT molecular complexity index is 295. The molecule has 1 heterocycles. The largest absolute Gasteiger partial charge is 1.00 e. The summed E-state index contributed by atoms with van der Waals surface area (Å²) in [4.78, 5) is 10.3. The summed E-state index contributed by atoms with van der Waals surface area (Å²) >= 11 is 0. The number of nitrogens with zero attached hydrogens (tertiary/aromatic N) is 1. The van der Waals surface area contributed by atoms with Crippen molar-refractivity contribution in [2.45, 2.75) is 6.54 Å². The monoisotopic (exact) mass is 243 g/mol. The lowest BCUT2D eigenvalue weighted by Crippen LogP contribution is -3.00. The van der Waals surface area contributed by atoms with E-state index >= 15 is 0 Å². The molecular weight excluding hydrogens is 234 g/mol. The fourth-order valence-corrected chi connectivity index (χ4v) is 0.867. The number of halogens is 1. The summed E-state index contributed by atoms with van der Waals surface area (Å²) in [7, 11) is 0. The van der Waals surface area contributed by atoms with Crippen molar-refractivity contribution in [1.82, 2.24) is 0 Å². The highest BCUT2D eigenvalue weighted by atomic mass is 79.9. The van der Waals surface area contributed by atoms with Crippen LogP contribution in [0.4, 0.5) is 0 Å². The minimum absolute atomic E-state index is 0. The average Bonchev–Trinajstić information content (AvgIpc) is 2.05. The molecule has 0 spiro atoms. The molecule has 13 heavy (non-hydrogen) atoms. The molecular formula is C9H10BrNO2. The van der Waals surface area contributed by atoms with E-state index in [1.54, 1.807) is 23.0 Å². The summed E-state index contributed by atoms with van der Waals surface area (Å²) in [6.07, 6.45) is 5.14. The second-order valence-electron chi connectivity index (χ2n) is 2.40. The van der Waals surface area contributed by atoms with Gasteiger partial charge in [0.2, 0.25) is 6.54 Å². The molecule has 0 unspecified atom stereocenters. The predicted octanol–water partition coefficient (Wildman–Crippen LogP) is -2.29. The molecule has 0 aliphatic carbocycles. The van der Waals surface area contributed by atoms with Gasteiger partial charge in [-0.25, -0.2) is 4.79 Å². The van der Waals surface area contributed by atoms with Crippen molar-refractivity contribution in [1.29, 1.82) is 0 Å². The lowest BCUT2D eigenvalue weighted by Gasteiger charge is -1.92. The summed E-state index contributed by atoms with van der Waals surface area (Å²) < 4.78 is 1.59. The molecule has 0 aliphatic heterocycles. The van der Waals surface area contributed by atoms with Gasteiger partial charge in [0.1, 0.15) is 0 Å². The number of carboxylic acid groups (broad SMARTS) is 1. The smallest absolute Gasteiger partial charge is 0.370 e. The molecule has 0 radical (unpaired) electrons. The van der Waals surface area contributed by atoms with Crippen LogP contribution < -0.4 is 21.5 Å². The molecule has 0 atom stereocenters. The first kappa shape index (κ1) is 11.8. The first-order valence-corrected chi connectivity index (χ1v) is 3.55. The molecule has 1 aromatic heterocycles. The van der Waals surface area contributed by atoms with Crippen LogP contribution in [0.15, 0.2) is 31.1 Å². The molecule has 0 aliphatic rings. The Morgan fingerprint density at radius 3 is 2.46 bits per heavy atom. The van der Waals surface area contributed by atoms with E-state index in [0.717, 1.165) is 5.56 Å². The van der Waals surface area contributed by atoms with Crippen LogP contribution in [0.3, 0.4) is 0 Å². The number of carbonyl (C=O) groups is 1. The highest BCUT2D eigenvalue weighted by Crippen LogP contribution is 1.94. The topological polar surface area (TPSA) is 41.2 Å². The molecule has 3 nitrogen and oxygen atoms in total. The first-order valence-electron chi connectivity index (χ1n) is 3.55. The third-order valence-electron chi connectivity index (χ3n) is 1.47. The van der Waals surface area contributed by atoms with E-state index < -0.39 is 5.97 Å². The molecule has 1 aromatic rings. The van der Waals surface area contributed by atoms with Crippen LogP contribution in [0.25, 0.3) is 6.08 Å². The van der Waals surface area contributed by atoms with Crippen LogP contribution in [0.5, 0.6) is 0 Å². The van der Waals surface area contributed by atoms with Crippen molar-refractivity contribution in [3.63, 3.8) is 0 Å². The number of hydrogen-bond acceptors (Lipinski definition) is 1. The van der Waals surface area contributed by atoms with Gasteiger partial charge in [0.15, 0.2) is 12.4 Å². The van der Waals surface area contributed by atoms with Crippen molar-refractivity contribution in [2.24, 2.45) is 0 Å². The van der Waals surface area contributed by atoms with Crippen molar-refractivity contribution in [3.05, 3.63) is 36.7 Å². The number of pyridine rings is 1. The third-order valence-corrected chi connectivity index (χ3v) is 1.47. The summed E-state index contributed by atoms with van der Waals surface area (Å²) in [5.74, 6) is -0.841. The second kappa shape index (κ2) is 5.48. The van der Waals surface area contributed by atoms with Gasteiger partial charge in [-0.3, -0.25) is 0 Å². The Labute approximate surface area is 87.1 Å². The molecule has 1 rings (SSSR count). The van der Waals surface area contributed by atoms with E-state index in [9.17, 15) is 4.79 Å². The van der Waals surface area contributed by atoms with E-state index in [1.165, 1.54) is 0 Å². The number of hydrogen-bond donors (Lipinski definition) is 1. The summed E-state index contributed by atoms with van der Waals surface area (Å²) in [6, 6.07) is 3.63. The van der Waals surface area contributed by atoms with Crippen molar-refractivity contribution < 1.29 is 31.4 Å². The SMILES string of the molecule is C=Cc1cc[n+](CC(=O)O)cc1.[Br-]. The fourth-order valence-electron chi connectivity index (χ4n) is 0.867. The molecule has 0 fully saturated rings. The van der Waals surface area contributed by atoms with E-state index in [4.69, 9.17) is 5.11 Å². The van der Waals surface area contributed by atoms with Gasteiger partial charge in [-0.2, -0.15) is 4.57 Å². The second-order valence-corrected chi connectivity index (χ2v) is 2.40. The third kappa shape index (κ3) is 3.85. The van der Waals surface area contributed by atoms with Crippen LogP contribution in [-0.2, 0) is 11.3 Å². The van der Waals surface area contributed by atoms with Gasteiger partial charge in [0.05, 0.1) is 0 Å². The van der Waals surface area contributed by atoms with E-state index in [-0.39, 0.29) is 23.5 Å². The Hall–Kier alpha value is -1.16. The molecule has 0 bridgehead atoms. The Kier molecular flexibility index (Phi) is 4.99. The molecule has 4 heteroatoms. The standard InChI is InChI=1S/C9H9NO2.BrH/c1-2-8-3-5-10(6-4-8)7-9(11)12;/h2-6H,1,7H2;1H. The fraction of sp³-hybridized carbons (Fsp3) is 0.111. The van der Waals surface area contributed by atoms with E-state index in [1.807, 2.05) is 12.1 Å². The van der Waals surface area contributed by atoms with Crippen LogP contribution in [0, 0.1) is 0 Å². The average molecular weight is 244 g/mol. The minimum Gasteiger partial charge on any atom is -1.00 e. The van der Waals surface area contributed by atoms with E-state index in [0.29, 0.717) is 0 Å². The van der Waals surface area contributed by atoms with Gasteiger partial charge in [-0.1, -0.05) is 12.7 Å². The molecule has 0 amide bonds. The van der Waals surface area contributed by atoms with Crippen molar-refractivity contribution in [2.75, 3.05) is 0 Å². The lowest BCUT2D eigenvalue weighted by atomic mass is 10.3. The van der Waals surface area contributed by atoms with Crippen molar-refractivity contribution in [3.8, 4) is 0 Å². The zero-order chi connectivity index (χ0) is 8.97. The molecule has 1 N–H and O–H groups in total. The number of aromatic nitrogens is 1. The summed E-state index contributed by atoms with van der Waals surface area (Å²) in [5, 5.41) is 8.45. The highest BCUT2D eigenvalue weighted by molar-refractivity contribution is 5.64. The predicted molar refractivity (Wildman–Crippen MR) is 44.4 cm³/mol. The van der Waals surface area contributed by atoms with Crippen LogP contribution in [-0.4, -0.2) is 11.1 Å². The number of aliphatic carboxylic acids is 1. The molecule has 0 aromatic carbocycles. The molecule has 70 valence electrons. The van der Waals surface area contributed by atoms with Gasteiger partial charge in [-0.15, -0.1) is 0 Å². The minimum atomic E-state index is -0.841. The van der Waals surface area contributed by atoms with Crippen LogP contribution in [0.1, 0.15) is 5.56 Å². The van der Waals surface area contributed by atoms with Crippen LogP contribution >= 0.6 is 0 Å². The maximum absolute atomic E-state index is 10.3. The summed E-state index contributed by atoms with van der Waals surface area (Å²) in [6.45, 7) is 3.59.